The molecule has 3 aromatic rings. The van der Waals surface area contributed by atoms with E-state index in [-0.39, 0.29) is 68.3 Å². The maximum absolute atomic E-state index is 12.3. The largest absolute Gasteiger partial charge is 1.00 e. The van der Waals surface area contributed by atoms with Crippen molar-refractivity contribution in [1.82, 2.24) is 0 Å². The van der Waals surface area contributed by atoms with Crippen molar-refractivity contribution in [2.45, 2.75) is 0 Å². The fourth-order valence-corrected chi connectivity index (χ4v) is 1.96. The molecule has 2 aromatic carbocycles. The first-order valence-electron chi connectivity index (χ1n) is 5.69. The minimum Gasteiger partial charge on any atom is -0.508 e. The van der Waals surface area contributed by atoms with E-state index in [2.05, 4.69) is 0 Å². The van der Waals surface area contributed by atoms with Crippen molar-refractivity contribution < 1.29 is 66.0 Å². The van der Waals surface area contributed by atoms with Crippen molar-refractivity contribution in [2.24, 2.45) is 0 Å². The molecule has 1 heterocycles. The smallest absolute Gasteiger partial charge is 0.508 e. The Labute approximate surface area is 157 Å². The van der Waals surface area contributed by atoms with Gasteiger partial charge >= 0.3 is 51.4 Å². The van der Waals surface area contributed by atoms with Crippen molar-refractivity contribution in [2.75, 3.05) is 0 Å². The first-order valence-corrected chi connectivity index (χ1v) is 5.69. The topological polar surface area (TPSA) is 70.7 Å². The SMILES string of the molecule is O=c1c(-c2ccc(O)cc2)coc2cc(O)ccc12.[K+]. The third-order valence-corrected chi connectivity index (χ3v) is 2.94. The molecule has 0 bridgehead atoms. The quantitative estimate of drug-likeness (QED) is 0.614. The van der Waals surface area contributed by atoms with E-state index < -0.39 is 0 Å². The summed E-state index contributed by atoms with van der Waals surface area (Å²) in [7, 11) is 0. The van der Waals surface area contributed by atoms with Gasteiger partial charge in [0.25, 0.3) is 0 Å². The van der Waals surface area contributed by atoms with E-state index >= 15 is 0 Å². The van der Waals surface area contributed by atoms with Gasteiger partial charge in [-0.05, 0) is 29.8 Å². The average Bonchev–Trinajstić information content (AvgIpc) is 2.40. The van der Waals surface area contributed by atoms with E-state index in [1.807, 2.05) is 0 Å². The van der Waals surface area contributed by atoms with Crippen LogP contribution >= 0.6 is 0 Å². The Bertz CT molecular complexity index is 806. The van der Waals surface area contributed by atoms with Gasteiger partial charge in [0.2, 0.25) is 0 Å². The van der Waals surface area contributed by atoms with Crippen molar-refractivity contribution in [3.63, 3.8) is 0 Å². The van der Waals surface area contributed by atoms with Crippen LogP contribution in [-0.4, -0.2) is 10.2 Å². The van der Waals surface area contributed by atoms with Gasteiger partial charge in [-0.3, -0.25) is 4.79 Å². The monoisotopic (exact) mass is 293 g/mol. The van der Waals surface area contributed by atoms with Crippen LogP contribution in [0.4, 0.5) is 0 Å². The number of aromatic hydroxyl groups is 2. The van der Waals surface area contributed by atoms with Crippen LogP contribution in [0.2, 0.25) is 0 Å². The Morgan fingerprint density at radius 3 is 2.25 bits per heavy atom. The average molecular weight is 293 g/mol. The summed E-state index contributed by atoms with van der Waals surface area (Å²) >= 11 is 0. The zero-order chi connectivity index (χ0) is 13.4. The normalized spacial score (nSPS) is 10.2. The standard InChI is InChI=1S/C15H10O4.K/c16-10-3-1-9(2-4-10)13-8-19-14-7-11(17)5-6-12(14)15(13)18;/h1-8,16-17H;/q;+1. The number of rotatable bonds is 1. The summed E-state index contributed by atoms with van der Waals surface area (Å²) in [6.07, 6.45) is 1.36. The third kappa shape index (κ3) is 2.82. The molecule has 0 spiro atoms. The Hall–Kier alpha value is -1.11. The predicted octanol–water partition coefficient (Wildman–Crippen LogP) is -0.125. The molecule has 1 aromatic heterocycles. The molecule has 5 heteroatoms. The van der Waals surface area contributed by atoms with Crippen LogP contribution in [0, 0.1) is 0 Å². The molecule has 2 N–H and O–H groups in total. The van der Waals surface area contributed by atoms with E-state index in [9.17, 15) is 15.0 Å². The maximum atomic E-state index is 12.3. The predicted molar refractivity (Wildman–Crippen MR) is 71.2 cm³/mol. The second-order valence-corrected chi connectivity index (χ2v) is 4.21. The summed E-state index contributed by atoms with van der Waals surface area (Å²) in [4.78, 5) is 12.3. The Morgan fingerprint density at radius 1 is 0.900 bits per heavy atom. The van der Waals surface area contributed by atoms with Crippen molar-refractivity contribution in [1.29, 1.82) is 0 Å². The molecule has 0 fully saturated rings. The molecule has 0 aliphatic rings. The summed E-state index contributed by atoms with van der Waals surface area (Å²) in [5.74, 6) is 0.187. The molecule has 4 nitrogen and oxygen atoms in total. The summed E-state index contributed by atoms with van der Waals surface area (Å²) in [6, 6.07) is 10.7. The molecule has 0 saturated heterocycles. The molecule has 0 radical (unpaired) electrons. The van der Waals surface area contributed by atoms with Crippen LogP contribution in [0.25, 0.3) is 22.1 Å². The zero-order valence-electron chi connectivity index (χ0n) is 10.8. The van der Waals surface area contributed by atoms with E-state index in [1.165, 1.54) is 36.6 Å². The van der Waals surface area contributed by atoms with Crippen LogP contribution in [0.15, 0.2) is 57.9 Å². The second-order valence-electron chi connectivity index (χ2n) is 4.21. The number of hydrogen-bond acceptors (Lipinski definition) is 4. The van der Waals surface area contributed by atoms with Gasteiger partial charge in [0, 0.05) is 6.07 Å². The van der Waals surface area contributed by atoms with Crippen LogP contribution in [0.3, 0.4) is 0 Å². The van der Waals surface area contributed by atoms with Gasteiger partial charge in [-0.25, -0.2) is 0 Å². The molecular weight excluding hydrogens is 283 g/mol. The molecule has 0 unspecified atom stereocenters. The van der Waals surface area contributed by atoms with E-state index in [0.717, 1.165) is 0 Å². The van der Waals surface area contributed by atoms with Crippen molar-refractivity contribution in [3.8, 4) is 22.6 Å². The molecule has 0 aliphatic carbocycles. The van der Waals surface area contributed by atoms with Crippen LogP contribution in [0.1, 0.15) is 0 Å². The molecule has 94 valence electrons. The minimum atomic E-state index is -0.174. The van der Waals surface area contributed by atoms with Gasteiger partial charge in [-0.2, -0.15) is 0 Å². The van der Waals surface area contributed by atoms with E-state index in [1.54, 1.807) is 12.1 Å². The third-order valence-electron chi connectivity index (χ3n) is 2.94. The first kappa shape index (κ1) is 15.3. The Morgan fingerprint density at radius 2 is 1.55 bits per heavy atom. The van der Waals surface area contributed by atoms with Gasteiger partial charge < -0.3 is 14.6 Å². The van der Waals surface area contributed by atoms with E-state index in [4.69, 9.17) is 4.42 Å². The molecule has 0 amide bonds. The summed E-state index contributed by atoms with van der Waals surface area (Å²) in [5.41, 5.74) is 1.25. The maximum Gasteiger partial charge on any atom is 1.00 e. The van der Waals surface area contributed by atoms with Crippen LogP contribution in [-0.2, 0) is 0 Å². The van der Waals surface area contributed by atoms with Crippen molar-refractivity contribution >= 4 is 11.0 Å². The number of benzene rings is 2. The summed E-state index contributed by atoms with van der Waals surface area (Å²) in [5, 5.41) is 19.0. The molecular formula is C15H10KO4+. The number of phenols is 2. The minimum absolute atomic E-state index is 0. The van der Waals surface area contributed by atoms with Gasteiger partial charge in [0.1, 0.15) is 23.3 Å². The fourth-order valence-electron chi connectivity index (χ4n) is 1.96. The van der Waals surface area contributed by atoms with Gasteiger partial charge in [0.05, 0.1) is 10.9 Å². The van der Waals surface area contributed by atoms with Crippen LogP contribution in [0.5, 0.6) is 11.5 Å². The molecule has 0 aliphatic heterocycles. The number of phenolic OH excluding ortho intramolecular Hbond substituents is 2. The molecule has 3 rings (SSSR count). The summed E-state index contributed by atoms with van der Waals surface area (Å²) in [6.45, 7) is 0. The van der Waals surface area contributed by atoms with Gasteiger partial charge in [-0.1, -0.05) is 12.1 Å². The molecule has 20 heavy (non-hydrogen) atoms. The fraction of sp³-hybridized carbons (Fsp3) is 0. The zero-order valence-corrected chi connectivity index (χ0v) is 14.0. The number of fused-ring (bicyclic) bond motifs is 1. The van der Waals surface area contributed by atoms with Gasteiger partial charge in [-0.15, -0.1) is 0 Å². The molecule has 0 saturated carbocycles. The van der Waals surface area contributed by atoms with Crippen LogP contribution < -0.4 is 56.8 Å². The second kappa shape index (κ2) is 6.11. The Kier molecular flexibility index (Phi) is 4.67. The summed E-state index contributed by atoms with van der Waals surface area (Å²) < 4.78 is 5.37. The van der Waals surface area contributed by atoms with E-state index in [0.29, 0.717) is 22.1 Å². The van der Waals surface area contributed by atoms with Gasteiger partial charge in [0.15, 0.2) is 5.43 Å². The first-order chi connectivity index (χ1) is 9.15. The Balaban J connectivity index is 0.00000147. The molecule has 0 atom stereocenters. The van der Waals surface area contributed by atoms with Crippen molar-refractivity contribution in [3.05, 3.63) is 59.0 Å². The number of hydrogen-bond donors (Lipinski definition) is 2.